The van der Waals surface area contributed by atoms with Crippen LogP contribution in [0.15, 0.2) is 12.4 Å². The largest absolute Gasteiger partial charge is 0.338 e. The Morgan fingerprint density at radius 1 is 1.20 bits per heavy atom. The lowest BCUT2D eigenvalue weighted by Crippen LogP contribution is -2.47. The van der Waals surface area contributed by atoms with Gasteiger partial charge in [0.15, 0.2) is 0 Å². The van der Waals surface area contributed by atoms with Crippen molar-refractivity contribution in [1.82, 2.24) is 14.9 Å². The highest BCUT2D eigenvalue weighted by molar-refractivity contribution is 5.31. The van der Waals surface area contributed by atoms with Gasteiger partial charge in [-0.05, 0) is 31.2 Å². The summed E-state index contributed by atoms with van der Waals surface area (Å²) in [5.41, 5.74) is 7.10. The summed E-state index contributed by atoms with van der Waals surface area (Å²) in [5.74, 6) is 0.870. The summed E-state index contributed by atoms with van der Waals surface area (Å²) in [7, 11) is 0. The Morgan fingerprint density at radius 3 is 2.40 bits per heavy atom. The van der Waals surface area contributed by atoms with Gasteiger partial charge in [-0.2, -0.15) is 0 Å². The van der Waals surface area contributed by atoms with Crippen molar-refractivity contribution in [3.8, 4) is 0 Å². The van der Waals surface area contributed by atoms with Crippen LogP contribution in [0.4, 0.5) is 5.95 Å². The van der Waals surface area contributed by atoms with Gasteiger partial charge in [0, 0.05) is 50.7 Å². The summed E-state index contributed by atoms with van der Waals surface area (Å²) in [6, 6.07) is 1.09. The number of nitrogens with zero attached hydrogens (tertiary/aromatic N) is 4. The van der Waals surface area contributed by atoms with E-state index < -0.39 is 0 Å². The fourth-order valence-corrected chi connectivity index (χ4v) is 2.79. The SMILES string of the molecule is CCC(N)Cc1cnc(N2CCN(C3CC3)CC2)nc1. The number of hydrogen-bond acceptors (Lipinski definition) is 5. The first kappa shape index (κ1) is 13.8. The van der Waals surface area contributed by atoms with E-state index in [-0.39, 0.29) is 6.04 Å². The molecule has 0 bridgehead atoms. The van der Waals surface area contributed by atoms with E-state index >= 15 is 0 Å². The fraction of sp³-hybridized carbons (Fsp3) is 0.733. The Kier molecular flexibility index (Phi) is 4.17. The lowest BCUT2D eigenvalue weighted by molar-refractivity contribution is 0.247. The first-order valence-electron chi connectivity index (χ1n) is 7.81. The molecule has 0 radical (unpaired) electrons. The topological polar surface area (TPSA) is 58.3 Å². The molecule has 1 aliphatic heterocycles. The molecule has 1 atom stereocenters. The van der Waals surface area contributed by atoms with Gasteiger partial charge in [0.2, 0.25) is 5.95 Å². The van der Waals surface area contributed by atoms with Gasteiger partial charge in [0.1, 0.15) is 0 Å². The van der Waals surface area contributed by atoms with Gasteiger partial charge in [-0.15, -0.1) is 0 Å². The molecule has 2 fully saturated rings. The van der Waals surface area contributed by atoms with Crippen LogP contribution in [0.5, 0.6) is 0 Å². The predicted molar refractivity (Wildman–Crippen MR) is 80.8 cm³/mol. The molecule has 110 valence electrons. The Hall–Kier alpha value is -1.20. The van der Waals surface area contributed by atoms with E-state index in [1.807, 2.05) is 12.4 Å². The number of rotatable bonds is 5. The maximum Gasteiger partial charge on any atom is 0.225 e. The molecule has 0 spiro atoms. The van der Waals surface area contributed by atoms with Gasteiger partial charge < -0.3 is 10.6 Å². The van der Waals surface area contributed by atoms with Crippen molar-refractivity contribution in [3.05, 3.63) is 18.0 Å². The standard InChI is InChI=1S/C15H25N5/c1-2-13(16)9-12-10-17-15(18-11-12)20-7-5-19(6-8-20)14-3-4-14/h10-11,13-14H,2-9,16H2,1H3. The highest BCUT2D eigenvalue weighted by atomic mass is 15.3. The smallest absolute Gasteiger partial charge is 0.225 e. The van der Waals surface area contributed by atoms with Gasteiger partial charge in [0.25, 0.3) is 0 Å². The second-order valence-corrected chi connectivity index (χ2v) is 6.02. The second-order valence-electron chi connectivity index (χ2n) is 6.02. The van der Waals surface area contributed by atoms with E-state index in [2.05, 4.69) is 26.7 Å². The van der Waals surface area contributed by atoms with Gasteiger partial charge in [0.05, 0.1) is 0 Å². The fourth-order valence-electron chi connectivity index (χ4n) is 2.79. The first-order chi connectivity index (χ1) is 9.76. The average Bonchev–Trinajstić information content (AvgIpc) is 3.33. The van der Waals surface area contributed by atoms with Crippen LogP contribution >= 0.6 is 0 Å². The minimum Gasteiger partial charge on any atom is -0.338 e. The van der Waals surface area contributed by atoms with Gasteiger partial charge in [-0.3, -0.25) is 4.90 Å². The van der Waals surface area contributed by atoms with Gasteiger partial charge in [-0.1, -0.05) is 6.92 Å². The molecule has 2 N–H and O–H groups in total. The molecule has 2 heterocycles. The Balaban J connectivity index is 1.55. The normalized spacial score (nSPS) is 22.0. The Labute approximate surface area is 121 Å². The molecule has 2 aliphatic rings. The molecule has 1 unspecified atom stereocenters. The Bertz CT molecular complexity index is 420. The molecule has 1 aliphatic carbocycles. The summed E-state index contributed by atoms with van der Waals surface area (Å²) >= 11 is 0. The molecular weight excluding hydrogens is 250 g/mol. The van der Waals surface area contributed by atoms with Crippen LogP contribution in [0.1, 0.15) is 31.7 Å². The summed E-state index contributed by atoms with van der Waals surface area (Å²) < 4.78 is 0. The van der Waals surface area contributed by atoms with Crippen LogP contribution in [-0.4, -0.2) is 53.1 Å². The highest BCUT2D eigenvalue weighted by Crippen LogP contribution is 2.27. The number of piperazine rings is 1. The summed E-state index contributed by atoms with van der Waals surface area (Å²) in [4.78, 5) is 13.9. The Morgan fingerprint density at radius 2 is 1.85 bits per heavy atom. The van der Waals surface area contributed by atoms with E-state index in [1.54, 1.807) is 0 Å². The molecule has 5 nitrogen and oxygen atoms in total. The number of aromatic nitrogens is 2. The van der Waals surface area contributed by atoms with Crippen molar-refractivity contribution in [2.24, 2.45) is 5.73 Å². The third-order valence-electron chi connectivity index (χ3n) is 4.37. The second kappa shape index (κ2) is 6.06. The predicted octanol–water partition coefficient (Wildman–Crippen LogP) is 1.04. The molecule has 20 heavy (non-hydrogen) atoms. The van der Waals surface area contributed by atoms with Crippen LogP contribution in [-0.2, 0) is 6.42 Å². The molecule has 1 aromatic heterocycles. The van der Waals surface area contributed by atoms with Crippen LogP contribution in [0.25, 0.3) is 0 Å². The molecule has 3 rings (SSSR count). The first-order valence-corrected chi connectivity index (χ1v) is 7.81. The van der Waals surface area contributed by atoms with Gasteiger partial charge >= 0.3 is 0 Å². The molecule has 0 amide bonds. The lowest BCUT2D eigenvalue weighted by Gasteiger charge is -2.34. The quantitative estimate of drug-likeness (QED) is 0.870. The number of anilines is 1. The van der Waals surface area contributed by atoms with Crippen molar-refractivity contribution in [1.29, 1.82) is 0 Å². The number of nitrogens with two attached hydrogens (primary N) is 1. The summed E-state index contributed by atoms with van der Waals surface area (Å²) in [5, 5.41) is 0. The van der Waals surface area contributed by atoms with E-state index in [4.69, 9.17) is 5.73 Å². The molecule has 0 aromatic carbocycles. The minimum absolute atomic E-state index is 0.214. The minimum atomic E-state index is 0.214. The third kappa shape index (κ3) is 3.27. The van der Waals surface area contributed by atoms with Crippen LogP contribution in [0, 0.1) is 0 Å². The zero-order valence-electron chi connectivity index (χ0n) is 12.3. The van der Waals surface area contributed by atoms with E-state index in [0.29, 0.717) is 0 Å². The highest BCUT2D eigenvalue weighted by Gasteiger charge is 2.31. The van der Waals surface area contributed by atoms with Crippen molar-refractivity contribution in [2.75, 3.05) is 31.1 Å². The summed E-state index contributed by atoms with van der Waals surface area (Å²) in [6.45, 7) is 6.50. The average molecular weight is 275 g/mol. The molecule has 1 aromatic rings. The van der Waals surface area contributed by atoms with Crippen molar-refractivity contribution >= 4 is 5.95 Å². The lowest BCUT2D eigenvalue weighted by atomic mass is 10.1. The third-order valence-corrected chi connectivity index (χ3v) is 4.37. The van der Waals surface area contributed by atoms with E-state index in [9.17, 15) is 0 Å². The zero-order chi connectivity index (χ0) is 13.9. The van der Waals surface area contributed by atoms with Crippen LogP contribution in [0.3, 0.4) is 0 Å². The van der Waals surface area contributed by atoms with Crippen molar-refractivity contribution in [2.45, 2.75) is 44.7 Å². The van der Waals surface area contributed by atoms with E-state index in [0.717, 1.165) is 56.6 Å². The molecule has 1 saturated heterocycles. The molecular formula is C15H25N5. The maximum atomic E-state index is 5.96. The van der Waals surface area contributed by atoms with Crippen molar-refractivity contribution < 1.29 is 0 Å². The summed E-state index contributed by atoms with van der Waals surface area (Å²) in [6.07, 6.45) is 8.51. The van der Waals surface area contributed by atoms with Crippen LogP contribution in [0.2, 0.25) is 0 Å². The number of hydrogen-bond donors (Lipinski definition) is 1. The molecule has 1 saturated carbocycles. The van der Waals surface area contributed by atoms with Crippen molar-refractivity contribution in [3.63, 3.8) is 0 Å². The van der Waals surface area contributed by atoms with Crippen LogP contribution < -0.4 is 10.6 Å². The van der Waals surface area contributed by atoms with Gasteiger partial charge in [-0.25, -0.2) is 9.97 Å². The van der Waals surface area contributed by atoms with E-state index in [1.165, 1.54) is 12.8 Å². The maximum absolute atomic E-state index is 5.96. The molecule has 5 heteroatoms. The monoisotopic (exact) mass is 275 g/mol. The zero-order valence-corrected chi connectivity index (χ0v) is 12.3.